The van der Waals surface area contributed by atoms with Gasteiger partial charge in [0.2, 0.25) is 5.82 Å². The van der Waals surface area contributed by atoms with Gasteiger partial charge in [0, 0.05) is 5.56 Å². The molecule has 0 saturated heterocycles. The van der Waals surface area contributed by atoms with E-state index in [1.807, 2.05) is 0 Å². The van der Waals surface area contributed by atoms with Crippen molar-refractivity contribution in [3.63, 3.8) is 0 Å². The van der Waals surface area contributed by atoms with Crippen LogP contribution in [0, 0.1) is 0 Å². The van der Waals surface area contributed by atoms with E-state index in [0.29, 0.717) is 5.56 Å². The number of nitrogens with zero attached hydrogens (tertiary/aromatic N) is 2. The molecular formula is C12H13ClF3N3O4. The van der Waals surface area contributed by atoms with E-state index in [1.165, 1.54) is 12.1 Å². The van der Waals surface area contributed by atoms with Crippen LogP contribution in [0.3, 0.4) is 0 Å². The van der Waals surface area contributed by atoms with Crippen molar-refractivity contribution in [2.24, 2.45) is 5.73 Å². The summed E-state index contributed by atoms with van der Waals surface area (Å²) in [4.78, 5) is 3.91. The van der Waals surface area contributed by atoms with E-state index in [-0.39, 0.29) is 29.9 Å². The van der Waals surface area contributed by atoms with Gasteiger partial charge in [0.1, 0.15) is 11.3 Å². The Morgan fingerprint density at radius 1 is 1.13 bits per heavy atom. The highest BCUT2D eigenvalue weighted by atomic mass is 35.5. The Kier molecular flexibility index (Phi) is 5.94. The van der Waals surface area contributed by atoms with E-state index in [0.717, 1.165) is 12.1 Å². The first-order valence-corrected chi connectivity index (χ1v) is 5.98. The van der Waals surface area contributed by atoms with Gasteiger partial charge in [-0.1, -0.05) is 5.16 Å². The fourth-order valence-electron chi connectivity index (χ4n) is 1.53. The van der Waals surface area contributed by atoms with Crippen LogP contribution in [-0.4, -0.2) is 39.9 Å². The number of aliphatic hydroxyl groups excluding tert-OH is 2. The Hall–Kier alpha value is -1.88. The van der Waals surface area contributed by atoms with Crippen molar-refractivity contribution in [1.29, 1.82) is 0 Å². The van der Waals surface area contributed by atoms with Crippen molar-refractivity contribution < 1.29 is 32.6 Å². The number of hydrogen-bond donors (Lipinski definition) is 3. The summed E-state index contributed by atoms with van der Waals surface area (Å²) in [6.45, 7) is -1.24. The van der Waals surface area contributed by atoms with E-state index < -0.39 is 25.1 Å². The van der Waals surface area contributed by atoms with Crippen molar-refractivity contribution in [3.05, 3.63) is 30.2 Å². The van der Waals surface area contributed by atoms with Gasteiger partial charge in [0.25, 0.3) is 5.89 Å². The van der Waals surface area contributed by atoms with Crippen molar-refractivity contribution in [1.82, 2.24) is 10.1 Å². The molecule has 4 N–H and O–H groups in total. The van der Waals surface area contributed by atoms with Crippen LogP contribution in [0.1, 0.15) is 5.89 Å². The second-order valence-corrected chi connectivity index (χ2v) is 4.47. The van der Waals surface area contributed by atoms with Gasteiger partial charge in [-0.2, -0.15) is 4.98 Å². The maximum absolute atomic E-state index is 12.1. The molecule has 0 atom stereocenters. The van der Waals surface area contributed by atoms with E-state index in [2.05, 4.69) is 14.9 Å². The van der Waals surface area contributed by atoms with E-state index in [1.54, 1.807) is 0 Å². The molecule has 0 saturated carbocycles. The van der Waals surface area contributed by atoms with Crippen LogP contribution < -0.4 is 10.5 Å². The molecule has 0 aliphatic heterocycles. The zero-order valence-electron chi connectivity index (χ0n) is 11.4. The van der Waals surface area contributed by atoms with Gasteiger partial charge < -0.3 is 25.2 Å². The highest BCUT2D eigenvalue weighted by molar-refractivity contribution is 5.85. The van der Waals surface area contributed by atoms with Gasteiger partial charge in [0.15, 0.2) is 0 Å². The van der Waals surface area contributed by atoms with Crippen LogP contribution >= 0.6 is 12.4 Å². The van der Waals surface area contributed by atoms with Crippen LogP contribution in [0.2, 0.25) is 0 Å². The monoisotopic (exact) mass is 355 g/mol. The summed E-state index contributed by atoms with van der Waals surface area (Å²) in [7, 11) is 0. The fourth-order valence-corrected chi connectivity index (χ4v) is 1.53. The smallest absolute Gasteiger partial charge is 0.406 e. The average Bonchev–Trinajstić information content (AvgIpc) is 2.96. The summed E-state index contributed by atoms with van der Waals surface area (Å²) in [5.41, 5.74) is 4.42. The lowest BCUT2D eigenvalue weighted by Crippen LogP contribution is -2.44. The lowest BCUT2D eigenvalue weighted by Gasteiger charge is -2.18. The lowest BCUT2D eigenvalue weighted by atomic mass is 10.0. The van der Waals surface area contributed by atoms with Crippen molar-refractivity contribution in [2.75, 3.05) is 13.2 Å². The predicted molar refractivity (Wildman–Crippen MR) is 73.7 cm³/mol. The minimum Gasteiger partial charge on any atom is -0.406 e. The predicted octanol–water partition coefficient (Wildman–Crippen LogP) is 1.20. The third kappa shape index (κ3) is 4.55. The third-order valence-corrected chi connectivity index (χ3v) is 2.76. The Morgan fingerprint density at radius 3 is 2.17 bits per heavy atom. The quantitative estimate of drug-likeness (QED) is 0.738. The maximum Gasteiger partial charge on any atom is 0.573 e. The summed E-state index contributed by atoms with van der Waals surface area (Å²) in [6.07, 6.45) is -4.78. The standard InChI is InChI=1S/C12H12F3N3O4.ClH/c13-12(14,15)21-8-3-1-7(2-4-8)9-17-10(22-18-9)11(16,5-19)6-20;/h1-4,19-20H,5-6,16H2;1H. The molecule has 0 aliphatic rings. The summed E-state index contributed by atoms with van der Waals surface area (Å²) in [5.74, 6) is -0.535. The summed E-state index contributed by atoms with van der Waals surface area (Å²) in [6, 6.07) is 4.77. The minimum atomic E-state index is -4.78. The first-order valence-electron chi connectivity index (χ1n) is 5.98. The number of aromatic nitrogens is 2. The van der Waals surface area contributed by atoms with Crippen LogP contribution in [0.4, 0.5) is 13.2 Å². The number of rotatable bonds is 5. The molecule has 0 fully saturated rings. The highest BCUT2D eigenvalue weighted by Crippen LogP contribution is 2.26. The third-order valence-electron chi connectivity index (χ3n) is 2.76. The number of nitrogens with two attached hydrogens (primary N) is 1. The molecule has 2 aromatic rings. The van der Waals surface area contributed by atoms with Crippen LogP contribution in [-0.2, 0) is 5.54 Å². The van der Waals surface area contributed by atoms with Gasteiger partial charge in [-0.3, -0.25) is 0 Å². The second-order valence-electron chi connectivity index (χ2n) is 4.47. The summed E-state index contributed by atoms with van der Waals surface area (Å²) < 4.78 is 44.8. The number of benzene rings is 1. The van der Waals surface area contributed by atoms with Gasteiger partial charge >= 0.3 is 6.36 Å². The minimum absolute atomic E-state index is 0. The first kappa shape index (κ1) is 19.2. The summed E-state index contributed by atoms with van der Waals surface area (Å²) in [5, 5.41) is 21.9. The number of ether oxygens (including phenoxy) is 1. The number of hydrogen-bond acceptors (Lipinski definition) is 7. The van der Waals surface area contributed by atoms with Crippen LogP contribution in [0.15, 0.2) is 28.8 Å². The van der Waals surface area contributed by atoms with Gasteiger partial charge in [-0.05, 0) is 24.3 Å². The Balaban J connectivity index is 0.00000264. The van der Waals surface area contributed by atoms with Gasteiger partial charge in [-0.15, -0.1) is 25.6 Å². The van der Waals surface area contributed by atoms with E-state index in [9.17, 15) is 13.2 Å². The Labute approximate surface area is 134 Å². The molecule has 23 heavy (non-hydrogen) atoms. The molecule has 11 heteroatoms. The molecular weight excluding hydrogens is 343 g/mol. The highest BCUT2D eigenvalue weighted by Gasteiger charge is 2.33. The molecule has 1 heterocycles. The molecule has 0 unspecified atom stereocenters. The van der Waals surface area contributed by atoms with Crippen molar-refractivity contribution >= 4 is 12.4 Å². The second kappa shape index (κ2) is 7.13. The molecule has 128 valence electrons. The number of aliphatic hydroxyl groups is 2. The van der Waals surface area contributed by atoms with Gasteiger partial charge in [0.05, 0.1) is 13.2 Å². The molecule has 0 bridgehead atoms. The molecule has 1 aromatic heterocycles. The topological polar surface area (TPSA) is 115 Å². The van der Waals surface area contributed by atoms with Crippen LogP contribution in [0.5, 0.6) is 5.75 Å². The van der Waals surface area contributed by atoms with E-state index >= 15 is 0 Å². The SMILES string of the molecule is Cl.NC(CO)(CO)c1nc(-c2ccc(OC(F)(F)F)cc2)no1. The zero-order chi connectivity index (χ0) is 16.4. The first-order chi connectivity index (χ1) is 10.3. The molecule has 2 rings (SSSR count). The number of halogens is 4. The summed E-state index contributed by atoms with van der Waals surface area (Å²) >= 11 is 0. The molecule has 0 amide bonds. The molecule has 0 aliphatic carbocycles. The average molecular weight is 356 g/mol. The molecule has 1 aromatic carbocycles. The zero-order valence-corrected chi connectivity index (χ0v) is 12.3. The number of alkyl halides is 3. The van der Waals surface area contributed by atoms with Crippen molar-refractivity contribution in [3.8, 4) is 17.1 Å². The van der Waals surface area contributed by atoms with Gasteiger partial charge in [-0.25, -0.2) is 0 Å². The molecule has 7 nitrogen and oxygen atoms in total. The Morgan fingerprint density at radius 2 is 1.70 bits per heavy atom. The van der Waals surface area contributed by atoms with Crippen LogP contribution in [0.25, 0.3) is 11.4 Å². The molecule has 0 spiro atoms. The van der Waals surface area contributed by atoms with E-state index in [4.69, 9.17) is 20.5 Å². The Bertz CT molecular complexity index is 629. The normalized spacial score (nSPS) is 11.9. The fraction of sp³-hybridized carbons (Fsp3) is 0.333. The maximum atomic E-state index is 12.1. The molecule has 0 radical (unpaired) electrons. The largest absolute Gasteiger partial charge is 0.573 e. The van der Waals surface area contributed by atoms with Crippen molar-refractivity contribution in [2.45, 2.75) is 11.9 Å². The lowest BCUT2D eigenvalue weighted by molar-refractivity contribution is -0.274.